The van der Waals surface area contributed by atoms with Crippen molar-refractivity contribution >= 4 is 23.6 Å². The van der Waals surface area contributed by atoms with Crippen LogP contribution in [0.1, 0.15) is 242 Å². The fourth-order valence-corrected chi connectivity index (χ4v) is 16.0. The van der Waals surface area contributed by atoms with E-state index in [-0.39, 0.29) is 0 Å². The van der Waals surface area contributed by atoms with Crippen molar-refractivity contribution < 1.29 is 0 Å². The van der Waals surface area contributed by atoms with Gasteiger partial charge in [0, 0.05) is 0 Å². The lowest BCUT2D eigenvalue weighted by Gasteiger charge is -2.38. The number of unbranched alkanes of at least 4 members (excludes halogenated alkanes) is 18. The van der Waals surface area contributed by atoms with E-state index in [1.807, 2.05) is 0 Å². The molecule has 0 atom stereocenters. The highest BCUT2D eigenvalue weighted by molar-refractivity contribution is 7.16. The van der Waals surface area contributed by atoms with Crippen LogP contribution in [-0.4, -0.2) is 8.07 Å². The average Bonchev–Trinajstić information content (AvgIpc) is 3.70. The molecule has 0 nitrogen and oxygen atoms in total. The molecule has 0 unspecified atom stereocenters. The van der Waals surface area contributed by atoms with Gasteiger partial charge in [-0.1, -0.05) is 235 Å². The van der Waals surface area contributed by atoms with Gasteiger partial charge in [-0.05, 0) is 139 Å². The Morgan fingerprint density at radius 3 is 0.770 bits per heavy atom. The van der Waals surface area contributed by atoms with Crippen LogP contribution in [0.4, 0.5) is 0 Å². The Bertz CT molecular complexity index is 1460. The highest BCUT2D eigenvalue weighted by Gasteiger charge is 2.45. The van der Waals surface area contributed by atoms with Gasteiger partial charge in [0.05, 0.1) is 0 Å². The Balaban J connectivity index is 2.10. The van der Waals surface area contributed by atoms with Crippen molar-refractivity contribution in [3.05, 3.63) is 111 Å². The van der Waals surface area contributed by atoms with Crippen molar-refractivity contribution in [2.24, 2.45) is 0 Å². The smallest absolute Gasteiger partial charge is 0.0806 e. The summed E-state index contributed by atoms with van der Waals surface area (Å²) < 4.78 is 0. The lowest BCUT2D eigenvalue weighted by Crippen LogP contribution is -2.69. The van der Waals surface area contributed by atoms with Gasteiger partial charge in [-0.15, -0.1) is 0 Å². The van der Waals surface area contributed by atoms with E-state index in [9.17, 15) is 0 Å². The third-order valence-electron chi connectivity index (χ3n) is 14.0. The maximum absolute atomic E-state index is 2.79. The molecule has 1 aliphatic rings. The Kier molecular flexibility index (Phi) is 24.8. The maximum Gasteiger partial charge on any atom is 0.176 e. The van der Waals surface area contributed by atoms with E-state index < -0.39 is 8.07 Å². The fourth-order valence-electron chi connectivity index (χ4n) is 10.4. The SMILES string of the molecule is CCCCCCc1cc(CCCCCC)cc([Si](C2=C(C)C=CC2)(c2cc(CCCCCC)cc(CCCCCC)c2)c2cc(CCCCCC)cc(CCCCCC)c2)c1. The van der Waals surface area contributed by atoms with Crippen LogP contribution in [-0.2, 0) is 38.5 Å². The highest BCUT2D eigenvalue weighted by atomic mass is 28.3. The molecule has 0 saturated heterocycles. The molecule has 1 heteroatoms. The summed E-state index contributed by atoms with van der Waals surface area (Å²) in [7, 11) is -2.75. The summed E-state index contributed by atoms with van der Waals surface area (Å²) in [5.41, 5.74) is 11.2. The maximum atomic E-state index is 2.79. The summed E-state index contributed by atoms with van der Waals surface area (Å²) in [6.07, 6.45) is 45.0. The minimum atomic E-state index is -2.75. The third kappa shape index (κ3) is 16.5. The molecule has 0 aliphatic heterocycles. The average molecular weight is 843 g/mol. The summed E-state index contributed by atoms with van der Waals surface area (Å²) in [5.74, 6) is 0. The third-order valence-corrected chi connectivity index (χ3v) is 19.0. The number of benzene rings is 3. The molecule has 61 heavy (non-hydrogen) atoms. The van der Waals surface area contributed by atoms with E-state index >= 15 is 0 Å². The summed E-state index contributed by atoms with van der Waals surface area (Å²) in [5, 5.41) is 6.81. The largest absolute Gasteiger partial charge is 0.176 e. The molecule has 0 heterocycles. The van der Waals surface area contributed by atoms with Gasteiger partial charge in [0.1, 0.15) is 0 Å². The van der Waals surface area contributed by atoms with E-state index in [1.165, 1.54) is 193 Å². The van der Waals surface area contributed by atoms with Gasteiger partial charge in [-0.3, -0.25) is 0 Å². The molecule has 338 valence electrons. The van der Waals surface area contributed by atoms with E-state index in [2.05, 4.69) is 115 Å². The Morgan fingerprint density at radius 1 is 0.328 bits per heavy atom. The summed E-state index contributed by atoms with van der Waals surface area (Å²) in [6, 6.07) is 24.7. The van der Waals surface area contributed by atoms with Crippen molar-refractivity contribution in [1.82, 2.24) is 0 Å². The summed E-state index contributed by atoms with van der Waals surface area (Å²) in [6.45, 7) is 16.6. The molecule has 0 bridgehead atoms. The normalized spacial score (nSPS) is 13.0. The van der Waals surface area contributed by atoms with Crippen molar-refractivity contribution in [1.29, 1.82) is 0 Å². The predicted octanol–water partition coefficient (Wildman–Crippen LogP) is 16.7. The van der Waals surface area contributed by atoms with Crippen LogP contribution in [0.25, 0.3) is 0 Å². The Hall–Kier alpha value is -2.64. The number of rotatable bonds is 34. The first-order valence-corrected chi connectivity index (χ1v) is 28.7. The van der Waals surface area contributed by atoms with E-state index in [1.54, 1.807) is 59.7 Å². The first kappa shape index (κ1) is 51.0. The molecule has 4 rings (SSSR count). The molecular weight excluding hydrogens is 749 g/mol. The lowest BCUT2D eigenvalue weighted by molar-refractivity contribution is 0.661. The van der Waals surface area contributed by atoms with Crippen molar-refractivity contribution in [3.8, 4) is 0 Å². The zero-order valence-corrected chi connectivity index (χ0v) is 42.3. The van der Waals surface area contributed by atoms with Crippen LogP contribution in [0.5, 0.6) is 0 Å². The topological polar surface area (TPSA) is 0 Å². The first-order chi connectivity index (χ1) is 29.9. The van der Waals surface area contributed by atoms with Gasteiger partial charge >= 0.3 is 0 Å². The number of hydrogen-bond acceptors (Lipinski definition) is 0. The monoisotopic (exact) mass is 843 g/mol. The van der Waals surface area contributed by atoms with Gasteiger partial charge < -0.3 is 0 Å². The number of allylic oxidation sites excluding steroid dienone is 4. The molecule has 0 N–H and O–H groups in total. The molecule has 0 aromatic heterocycles. The summed E-state index contributed by atoms with van der Waals surface area (Å²) in [4.78, 5) is 0. The molecular formula is C60H94Si. The Labute approximate surface area is 380 Å². The molecule has 0 saturated carbocycles. The van der Waals surface area contributed by atoms with Crippen LogP contribution in [0.15, 0.2) is 77.5 Å². The van der Waals surface area contributed by atoms with E-state index in [0.717, 1.165) is 6.42 Å². The van der Waals surface area contributed by atoms with Gasteiger partial charge in [0.25, 0.3) is 0 Å². The second kappa shape index (κ2) is 29.7. The summed E-state index contributed by atoms with van der Waals surface area (Å²) >= 11 is 0. The molecule has 0 spiro atoms. The van der Waals surface area contributed by atoms with Crippen molar-refractivity contribution in [3.63, 3.8) is 0 Å². The van der Waals surface area contributed by atoms with Gasteiger partial charge in [0.2, 0.25) is 0 Å². The van der Waals surface area contributed by atoms with E-state index in [0.29, 0.717) is 0 Å². The van der Waals surface area contributed by atoms with E-state index in [4.69, 9.17) is 0 Å². The Morgan fingerprint density at radius 2 is 0.574 bits per heavy atom. The van der Waals surface area contributed by atoms with Crippen LogP contribution in [0, 0.1) is 0 Å². The quantitative estimate of drug-likeness (QED) is 0.0319. The molecule has 1 aliphatic carbocycles. The lowest BCUT2D eigenvalue weighted by atomic mass is 10.00. The molecule has 3 aromatic rings. The standard InChI is InChI=1S/C60H94Si/c1-8-14-20-26-34-51-41-52(35-27-21-15-9-2)45-57(44-51)61(60-40-32-33-50(60)7,58-46-53(36-28-22-16-10-3)42-54(47-58)37-29-23-17-11-4)59-48-55(38-30-24-18-12-5)43-56(49-59)39-31-25-19-13-6/h32-33,41-49H,8-31,34-40H2,1-7H3. The van der Waals surface area contributed by atoms with Crippen LogP contribution in [0.2, 0.25) is 0 Å². The zero-order valence-electron chi connectivity index (χ0n) is 41.3. The second-order valence-corrected chi connectivity index (χ2v) is 23.3. The van der Waals surface area contributed by atoms with Crippen LogP contribution < -0.4 is 15.6 Å². The van der Waals surface area contributed by atoms with Crippen molar-refractivity contribution in [2.45, 2.75) is 248 Å². The van der Waals surface area contributed by atoms with Gasteiger partial charge in [-0.2, -0.15) is 0 Å². The molecule has 0 radical (unpaired) electrons. The van der Waals surface area contributed by atoms with Gasteiger partial charge in [0.15, 0.2) is 8.07 Å². The minimum Gasteiger partial charge on any atom is -0.0806 e. The van der Waals surface area contributed by atoms with Crippen molar-refractivity contribution in [2.75, 3.05) is 0 Å². The highest BCUT2D eigenvalue weighted by Crippen LogP contribution is 2.32. The zero-order chi connectivity index (χ0) is 43.5. The second-order valence-electron chi connectivity index (χ2n) is 19.5. The van der Waals surface area contributed by atoms with Gasteiger partial charge in [-0.25, -0.2) is 0 Å². The minimum absolute atomic E-state index is 1.09. The number of aryl methyl sites for hydroxylation is 6. The number of hydrogen-bond donors (Lipinski definition) is 0. The van der Waals surface area contributed by atoms with Crippen LogP contribution in [0.3, 0.4) is 0 Å². The molecule has 3 aromatic carbocycles. The fraction of sp³-hybridized carbons (Fsp3) is 0.633. The van der Waals surface area contributed by atoms with Crippen LogP contribution >= 0.6 is 0 Å². The first-order valence-electron chi connectivity index (χ1n) is 26.7. The molecule has 0 fully saturated rings. The predicted molar refractivity (Wildman–Crippen MR) is 278 cm³/mol. The molecule has 0 amide bonds.